The van der Waals surface area contributed by atoms with Gasteiger partial charge in [0, 0.05) is 30.2 Å². The SMILES string of the molecule is Cc1nn2c(C3CCCN(Cc4ccc(Cl)cc4)C3)ccnc2c1C=O. The van der Waals surface area contributed by atoms with Crippen LogP contribution in [0.3, 0.4) is 0 Å². The highest BCUT2D eigenvalue weighted by Crippen LogP contribution is 2.28. The van der Waals surface area contributed by atoms with Crippen molar-refractivity contribution < 1.29 is 4.79 Å². The quantitative estimate of drug-likeness (QED) is 0.656. The zero-order valence-corrected chi connectivity index (χ0v) is 15.5. The highest BCUT2D eigenvalue weighted by atomic mass is 35.5. The minimum atomic E-state index is 0.375. The summed E-state index contributed by atoms with van der Waals surface area (Å²) in [7, 11) is 0. The lowest BCUT2D eigenvalue weighted by atomic mass is 9.94. The monoisotopic (exact) mass is 368 g/mol. The van der Waals surface area contributed by atoms with Gasteiger partial charge >= 0.3 is 0 Å². The number of likely N-dealkylation sites (tertiary alicyclic amines) is 1. The topological polar surface area (TPSA) is 50.5 Å². The first-order valence-electron chi connectivity index (χ1n) is 8.92. The number of benzene rings is 1. The Kier molecular flexibility index (Phi) is 4.74. The van der Waals surface area contributed by atoms with E-state index in [1.807, 2.05) is 29.6 Å². The van der Waals surface area contributed by atoms with Gasteiger partial charge in [-0.2, -0.15) is 5.10 Å². The Morgan fingerprint density at radius 1 is 1.27 bits per heavy atom. The van der Waals surface area contributed by atoms with E-state index in [1.54, 1.807) is 6.20 Å². The molecule has 6 heteroatoms. The fourth-order valence-corrected chi connectivity index (χ4v) is 3.95. The van der Waals surface area contributed by atoms with Crippen molar-refractivity contribution in [3.8, 4) is 0 Å². The van der Waals surface area contributed by atoms with Crippen LogP contribution in [0.1, 0.15) is 46.1 Å². The molecule has 0 N–H and O–H groups in total. The number of hydrogen-bond acceptors (Lipinski definition) is 4. The van der Waals surface area contributed by atoms with Crippen LogP contribution in [0.5, 0.6) is 0 Å². The second-order valence-electron chi connectivity index (χ2n) is 6.92. The van der Waals surface area contributed by atoms with Gasteiger partial charge in [-0.3, -0.25) is 9.69 Å². The summed E-state index contributed by atoms with van der Waals surface area (Å²) < 4.78 is 1.86. The van der Waals surface area contributed by atoms with Crippen molar-refractivity contribution >= 4 is 23.5 Å². The first kappa shape index (κ1) is 17.2. The summed E-state index contributed by atoms with van der Waals surface area (Å²) in [6, 6.07) is 10.1. The number of fused-ring (bicyclic) bond motifs is 1. The molecule has 1 atom stereocenters. The van der Waals surface area contributed by atoms with Gasteiger partial charge in [0.2, 0.25) is 0 Å². The molecule has 3 heterocycles. The molecule has 0 amide bonds. The van der Waals surface area contributed by atoms with E-state index in [1.165, 1.54) is 5.56 Å². The molecule has 2 aromatic heterocycles. The molecule has 0 spiro atoms. The number of carbonyl (C=O) groups excluding carboxylic acids is 1. The van der Waals surface area contributed by atoms with Crippen molar-refractivity contribution in [3.63, 3.8) is 0 Å². The molecule has 0 bridgehead atoms. The minimum Gasteiger partial charge on any atom is -0.298 e. The summed E-state index contributed by atoms with van der Waals surface area (Å²) in [5.41, 5.74) is 4.37. The van der Waals surface area contributed by atoms with E-state index < -0.39 is 0 Å². The Morgan fingerprint density at radius 3 is 2.85 bits per heavy atom. The van der Waals surface area contributed by atoms with Gasteiger partial charge < -0.3 is 0 Å². The normalized spacial score (nSPS) is 18.3. The summed E-state index contributed by atoms with van der Waals surface area (Å²) in [4.78, 5) is 18.2. The van der Waals surface area contributed by atoms with Crippen molar-refractivity contribution in [3.05, 3.63) is 64.1 Å². The van der Waals surface area contributed by atoms with Gasteiger partial charge in [-0.15, -0.1) is 0 Å². The molecule has 134 valence electrons. The molecule has 0 radical (unpaired) electrons. The van der Waals surface area contributed by atoms with Crippen LogP contribution in [-0.2, 0) is 6.54 Å². The van der Waals surface area contributed by atoms with E-state index in [9.17, 15) is 4.79 Å². The lowest BCUT2D eigenvalue weighted by molar-refractivity contribution is 0.112. The molecule has 1 aromatic carbocycles. The number of carbonyl (C=O) groups is 1. The van der Waals surface area contributed by atoms with Crippen molar-refractivity contribution in [2.45, 2.75) is 32.2 Å². The second-order valence-corrected chi connectivity index (χ2v) is 7.36. The van der Waals surface area contributed by atoms with Gasteiger partial charge in [-0.1, -0.05) is 23.7 Å². The number of halogens is 1. The van der Waals surface area contributed by atoms with Gasteiger partial charge in [-0.25, -0.2) is 9.50 Å². The molecule has 3 aromatic rings. The van der Waals surface area contributed by atoms with Gasteiger partial charge in [-0.05, 0) is 50.1 Å². The molecule has 0 saturated carbocycles. The Hall–Kier alpha value is -2.24. The Morgan fingerprint density at radius 2 is 2.08 bits per heavy atom. The van der Waals surface area contributed by atoms with Gasteiger partial charge in [0.1, 0.15) is 0 Å². The Balaban J connectivity index is 1.59. The molecule has 4 rings (SSSR count). The lowest BCUT2D eigenvalue weighted by Gasteiger charge is -2.33. The zero-order valence-electron chi connectivity index (χ0n) is 14.7. The molecular weight excluding hydrogens is 348 g/mol. The van der Waals surface area contributed by atoms with E-state index in [4.69, 9.17) is 11.6 Å². The number of rotatable bonds is 4. The predicted octanol–water partition coefficient (Wildman–Crippen LogP) is 3.88. The summed E-state index contributed by atoms with van der Waals surface area (Å²) in [6.45, 7) is 4.83. The summed E-state index contributed by atoms with van der Waals surface area (Å²) in [5.74, 6) is 0.375. The molecule has 1 aliphatic heterocycles. The molecule has 1 unspecified atom stereocenters. The smallest absolute Gasteiger partial charge is 0.166 e. The molecule has 0 aliphatic carbocycles. The summed E-state index contributed by atoms with van der Waals surface area (Å²) >= 11 is 5.99. The number of piperidine rings is 1. The maximum atomic E-state index is 11.4. The average molecular weight is 369 g/mol. The van der Waals surface area contributed by atoms with Crippen LogP contribution in [0.4, 0.5) is 0 Å². The third kappa shape index (κ3) is 3.24. The van der Waals surface area contributed by atoms with Crippen LogP contribution in [-0.4, -0.2) is 38.9 Å². The lowest BCUT2D eigenvalue weighted by Crippen LogP contribution is -2.34. The second kappa shape index (κ2) is 7.17. The molecule has 1 saturated heterocycles. The van der Waals surface area contributed by atoms with Crippen molar-refractivity contribution in [2.24, 2.45) is 0 Å². The van der Waals surface area contributed by atoms with E-state index in [-0.39, 0.29) is 0 Å². The van der Waals surface area contributed by atoms with E-state index in [2.05, 4.69) is 27.1 Å². The number of aryl methyl sites for hydroxylation is 1. The zero-order chi connectivity index (χ0) is 18.1. The van der Waals surface area contributed by atoms with Crippen LogP contribution < -0.4 is 0 Å². The first-order chi connectivity index (χ1) is 12.7. The minimum absolute atomic E-state index is 0.375. The molecule has 26 heavy (non-hydrogen) atoms. The number of aromatic nitrogens is 3. The molecular formula is C20H21ClN4O. The Bertz CT molecular complexity index is 935. The molecule has 1 aliphatic rings. The number of hydrogen-bond donors (Lipinski definition) is 0. The number of nitrogens with zero attached hydrogens (tertiary/aromatic N) is 4. The maximum absolute atomic E-state index is 11.4. The van der Waals surface area contributed by atoms with Crippen molar-refractivity contribution in [1.29, 1.82) is 0 Å². The average Bonchev–Trinajstić information content (AvgIpc) is 2.99. The fraction of sp³-hybridized carbons (Fsp3) is 0.350. The van der Waals surface area contributed by atoms with Gasteiger partial charge in [0.25, 0.3) is 0 Å². The van der Waals surface area contributed by atoms with Gasteiger partial charge in [0.15, 0.2) is 11.9 Å². The van der Waals surface area contributed by atoms with Crippen LogP contribution >= 0.6 is 11.6 Å². The van der Waals surface area contributed by atoms with E-state index in [0.717, 1.165) is 55.2 Å². The van der Waals surface area contributed by atoms with Crippen LogP contribution in [0.2, 0.25) is 5.02 Å². The largest absolute Gasteiger partial charge is 0.298 e. The van der Waals surface area contributed by atoms with Crippen molar-refractivity contribution in [2.75, 3.05) is 13.1 Å². The predicted molar refractivity (Wildman–Crippen MR) is 102 cm³/mol. The molecule has 5 nitrogen and oxygen atoms in total. The third-order valence-electron chi connectivity index (χ3n) is 5.13. The Labute approximate surface area is 157 Å². The van der Waals surface area contributed by atoms with E-state index >= 15 is 0 Å². The van der Waals surface area contributed by atoms with E-state index in [0.29, 0.717) is 17.1 Å². The fourth-order valence-electron chi connectivity index (χ4n) is 3.82. The van der Waals surface area contributed by atoms with Crippen LogP contribution in [0, 0.1) is 6.92 Å². The van der Waals surface area contributed by atoms with Crippen molar-refractivity contribution in [1.82, 2.24) is 19.5 Å². The highest BCUT2D eigenvalue weighted by molar-refractivity contribution is 6.30. The summed E-state index contributed by atoms with van der Waals surface area (Å²) in [5, 5.41) is 5.34. The van der Waals surface area contributed by atoms with Gasteiger partial charge in [0.05, 0.1) is 17.0 Å². The number of aldehydes is 1. The highest BCUT2D eigenvalue weighted by Gasteiger charge is 2.25. The maximum Gasteiger partial charge on any atom is 0.166 e. The standard InChI is InChI=1S/C20H21ClN4O/c1-14-18(13-26)20-22-9-8-19(25(20)23-14)16-3-2-10-24(12-16)11-15-4-6-17(21)7-5-15/h4-9,13,16H,2-3,10-12H2,1H3. The van der Waals surface area contributed by atoms with Crippen LogP contribution in [0.25, 0.3) is 5.65 Å². The summed E-state index contributed by atoms with van der Waals surface area (Å²) in [6.07, 6.45) is 4.90. The third-order valence-corrected chi connectivity index (χ3v) is 5.38. The van der Waals surface area contributed by atoms with Crippen LogP contribution in [0.15, 0.2) is 36.5 Å². The first-order valence-corrected chi connectivity index (χ1v) is 9.29. The molecule has 1 fully saturated rings.